The van der Waals surface area contributed by atoms with Gasteiger partial charge in [-0.1, -0.05) is 30.2 Å². The number of ether oxygens (including phenoxy) is 1. The zero-order valence-electron chi connectivity index (χ0n) is 13.6. The second-order valence-corrected chi connectivity index (χ2v) is 6.84. The van der Waals surface area contributed by atoms with Gasteiger partial charge in [-0.2, -0.15) is 0 Å². The minimum Gasteiger partial charge on any atom is -0.385 e. The first kappa shape index (κ1) is 17.7. The average Bonchev–Trinajstić information content (AvgIpc) is 2.48. The van der Waals surface area contributed by atoms with Crippen LogP contribution in [0, 0.1) is 0 Å². The van der Waals surface area contributed by atoms with Gasteiger partial charge in [0.25, 0.3) is 0 Å². The van der Waals surface area contributed by atoms with E-state index in [1.54, 1.807) is 0 Å². The molecule has 2 N–H and O–H groups in total. The van der Waals surface area contributed by atoms with Crippen molar-refractivity contribution in [2.75, 3.05) is 26.2 Å². The summed E-state index contributed by atoms with van der Waals surface area (Å²) in [4.78, 5) is 1.52. The lowest BCUT2D eigenvalue weighted by molar-refractivity contribution is -0.904. The van der Waals surface area contributed by atoms with Crippen LogP contribution in [0.2, 0.25) is 5.02 Å². The van der Waals surface area contributed by atoms with Crippen LogP contribution in [0.15, 0.2) is 24.3 Å². The van der Waals surface area contributed by atoms with Gasteiger partial charge in [0.2, 0.25) is 0 Å². The van der Waals surface area contributed by atoms with Crippen LogP contribution in [-0.2, 0) is 4.74 Å². The van der Waals surface area contributed by atoms with Crippen molar-refractivity contribution in [3.8, 4) is 0 Å². The largest absolute Gasteiger partial charge is 0.385 e. The van der Waals surface area contributed by atoms with Crippen LogP contribution in [0.4, 0.5) is 0 Å². The Labute approximate surface area is 139 Å². The van der Waals surface area contributed by atoms with Gasteiger partial charge in [-0.15, -0.1) is 0 Å². The molecule has 4 heteroatoms. The van der Waals surface area contributed by atoms with Gasteiger partial charge in [0.05, 0.1) is 25.8 Å². The second kappa shape index (κ2) is 9.51. The molecule has 0 spiro atoms. The van der Waals surface area contributed by atoms with Crippen molar-refractivity contribution in [1.29, 1.82) is 0 Å². The molecule has 3 nitrogen and oxygen atoms in total. The highest BCUT2D eigenvalue weighted by atomic mass is 35.5. The fourth-order valence-electron chi connectivity index (χ4n) is 3.09. The maximum atomic E-state index is 10.2. The minimum atomic E-state index is -0.385. The molecule has 0 saturated carbocycles. The van der Waals surface area contributed by atoms with Gasteiger partial charge in [-0.25, -0.2) is 0 Å². The van der Waals surface area contributed by atoms with Crippen molar-refractivity contribution in [3.63, 3.8) is 0 Å². The first-order valence-electron chi connectivity index (χ1n) is 8.54. The zero-order valence-corrected chi connectivity index (χ0v) is 14.3. The van der Waals surface area contributed by atoms with Crippen molar-refractivity contribution < 1.29 is 14.7 Å². The Morgan fingerprint density at radius 2 is 1.68 bits per heavy atom. The van der Waals surface area contributed by atoms with Crippen LogP contribution in [0.5, 0.6) is 0 Å². The monoisotopic (exact) mass is 326 g/mol. The first-order valence-corrected chi connectivity index (χ1v) is 8.91. The number of aliphatic hydroxyl groups is 1. The van der Waals surface area contributed by atoms with Gasteiger partial charge >= 0.3 is 0 Å². The normalized spacial score (nSPS) is 20.1. The Bertz CT molecular complexity index is 416. The van der Waals surface area contributed by atoms with Crippen molar-refractivity contribution in [3.05, 3.63) is 34.9 Å². The fraction of sp³-hybridized carbons (Fsp3) is 0.667. The molecule has 124 valence electrons. The van der Waals surface area contributed by atoms with E-state index in [1.807, 2.05) is 31.2 Å². The number of nitrogens with one attached hydrogen (secondary N) is 1. The standard InChI is InChI=1S/C18H28ClNO2/c1-15(16-7-9-17(19)10-8-16)22-14-18(21)13-20-11-5-3-2-4-6-12-20/h7-10,15,18,21H,2-6,11-14H2,1H3/p+1/t15-,18-/m1/s1. The molecule has 1 aromatic carbocycles. The highest BCUT2D eigenvalue weighted by molar-refractivity contribution is 6.30. The van der Waals surface area contributed by atoms with Crippen LogP contribution in [0.3, 0.4) is 0 Å². The zero-order chi connectivity index (χ0) is 15.8. The molecule has 2 atom stereocenters. The third-order valence-electron chi connectivity index (χ3n) is 4.46. The van der Waals surface area contributed by atoms with Gasteiger partial charge < -0.3 is 14.7 Å². The molecule has 1 heterocycles. The molecule has 2 rings (SSSR count). The Hall–Kier alpha value is -0.610. The van der Waals surface area contributed by atoms with E-state index >= 15 is 0 Å². The molecule has 0 aliphatic carbocycles. The summed E-state index contributed by atoms with van der Waals surface area (Å²) in [5.74, 6) is 0. The summed E-state index contributed by atoms with van der Waals surface area (Å²) in [5, 5.41) is 11.0. The molecule has 1 saturated heterocycles. The number of likely N-dealkylation sites (tertiary alicyclic amines) is 1. The van der Waals surface area contributed by atoms with E-state index < -0.39 is 0 Å². The molecule has 0 bridgehead atoms. The number of rotatable bonds is 6. The number of halogens is 1. The lowest BCUT2D eigenvalue weighted by Crippen LogP contribution is -3.13. The van der Waals surface area contributed by atoms with Gasteiger partial charge in [0.15, 0.2) is 0 Å². The quantitative estimate of drug-likeness (QED) is 0.842. The van der Waals surface area contributed by atoms with E-state index in [-0.39, 0.29) is 12.2 Å². The maximum Gasteiger partial charge on any atom is 0.126 e. The summed E-state index contributed by atoms with van der Waals surface area (Å²) >= 11 is 5.89. The highest BCUT2D eigenvalue weighted by Crippen LogP contribution is 2.19. The summed E-state index contributed by atoms with van der Waals surface area (Å²) in [5.41, 5.74) is 1.09. The third kappa shape index (κ3) is 6.25. The molecule has 1 aromatic rings. The number of hydrogen-bond donors (Lipinski definition) is 2. The van der Waals surface area contributed by atoms with Gasteiger partial charge in [-0.05, 0) is 50.3 Å². The van der Waals surface area contributed by atoms with Crippen LogP contribution in [0.25, 0.3) is 0 Å². The van der Waals surface area contributed by atoms with Crippen LogP contribution >= 0.6 is 11.6 Å². The summed E-state index contributed by atoms with van der Waals surface area (Å²) in [6.45, 7) is 5.58. The molecule has 0 unspecified atom stereocenters. The predicted molar refractivity (Wildman–Crippen MR) is 90.5 cm³/mol. The topological polar surface area (TPSA) is 33.9 Å². The number of aliphatic hydroxyl groups excluding tert-OH is 1. The first-order chi connectivity index (χ1) is 10.6. The molecule has 0 aromatic heterocycles. The van der Waals surface area contributed by atoms with E-state index in [1.165, 1.54) is 50.1 Å². The van der Waals surface area contributed by atoms with E-state index in [4.69, 9.17) is 16.3 Å². The highest BCUT2D eigenvalue weighted by Gasteiger charge is 2.17. The predicted octanol–water partition coefficient (Wildman–Crippen LogP) is 2.63. The third-order valence-corrected chi connectivity index (χ3v) is 4.71. The van der Waals surface area contributed by atoms with Crippen molar-refractivity contribution in [2.45, 2.75) is 51.2 Å². The smallest absolute Gasteiger partial charge is 0.126 e. The molecule has 1 aliphatic rings. The number of quaternary nitrogens is 1. The van der Waals surface area contributed by atoms with E-state index in [9.17, 15) is 5.11 Å². The molecular formula is C18H29ClNO2+. The molecule has 0 radical (unpaired) electrons. The van der Waals surface area contributed by atoms with Crippen LogP contribution in [-0.4, -0.2) is 37.5 Å². The summed E-state index contributed by atoms with van der Waals surface area (Å²) in [6, 6.07) is 7.70. The number of benzene rings is 1. The van der Waals surface area contributed by atoms with Crippen molar-refractivity contribution in [2.24, 2.45) is 0 Å². The van der Waals surface area contributed by atoms with E-state index in [2.05, 4.69) is 0 Å². The molecular weight excluding hydrogens is 298 g/mol. The second-order valence-electron chi connectivity index (χ2n) is 6.40. The maximum absolute atomic E-state index is 10.2. The SMILES string of the molecule is C[C@@H](OC[C@H](O)C[NH+]1CCCCCCC1)c1ccc(Cl)cc1. The molecule has 22 heavy (non-hydrogen) atoms. The van der Waals surface area contributed by atoms with Gasteiger partial charge in [0.1, 0.15) is 12.6 Å². The summed E-state index contributed by atoms with van der Waals surface area (Å²) in [6.07, 6.45) is 6.21. The van der Waals surface area contributed by atoms with Crippen LogP contribution < -0.4 is 4.90 Å². The Morgan fingerprint density at radius 3 is 2.32 bits per heavy atom. The Kier molecular flexibility index (Phi) is 7.67. The average molecular weight is 327 g/mol. The van der Waals surface area contributed by atoms with Gasteiger partial charge in [-0.3, -0.25) is 0 Å². The lowest BCUT2D eigenvalue weighted by atomic mass is 10.1. The van der Waals surface area contributed by atoms with Crippen molar-refractivity contribution in [1.82, 2.24) is 0 Å². The summed E-state index contributed by atoms with van der Waals surface area (Å²) < 4.78 is 5.82. The molecule has 1 aliphatic heterocycles. The van der Waals surface area contributed by atoms with Crippen LogP contribution in [0.1, 0.15) is 50.7 Å². The number of hydrogen-bond acceptors (Lipinski definition) is 2. The van der Waals surface area contributed by atoms with Gasteiger partial charge in [0, 0.05) is 5.02 Å². The molecule has 1 fully saturated rings. The minimum absolute atomic E-state index is 0.0192. The van der Waals surface area contributed by atoms with E-state index in [0.717, 1.165) is 17.1 Å². The van der Waals surface area contributed by atoms with E-state index in [0.29, 0.717) is 6.61 Å². The molecule has 0 amide bonds. The fourth-order valence-corrected chi connectivity index (χ4v) is 3.21. The Morgan fingerprint density at radius 1 is 1.09 bits per heavy atom. The Balaban J connectivity index is 1.71. The summed E-state index contributed by atoms with van der Waals surface area (Å²) in [7, 11) is 0. The van der Waals surface area contributed by atoms with Crippen molar-refractivity contribution >= 4 is 11.6 Å². The lowest BCUT2D eigenvalue weighted by Gasteiger charge is -2.24.